The van der Waals surface area contributed by atoms with E-state index in [9.17, 15) is 4.79 Å². The SMILES string of the molecule is CCOCCC(=O)Cc1cnn(C)c1. The molecule has 0 aliphatic rings. The second-order valence-corrected chi connectivity index (χ2v) is 3.18. The van der Waals surface area contributed by atoms with Crippen molar-refractivity contribution >= 4 is 5.78 Å². The fraction of sp³-hybridized carbons (Fsp3) is 0.600. The Balaban J connectivity index is 2.27. The van der Waals surface area contributed by atoms with E-state index < -0.39 is 0 Å². The topological polar surface area (TPSA) is 44.1 Å². The normalized spacial score (nSPS) is 10.4. The highest BCUT2D eigenvalue weighted by Crippen LogP contribution is 2.00. The van der Waals surface area contributed by atoms with E-state index in [0.717, 1.165) is 5.56 Å². The van der Waals surface area contributed by atoms with Gasteiger partial charge in [0, 0.05) is 32.7 Å². The molecule has 0 bridgehead atoms. The molecule has 0 amide bonds. The average molecular weight is 196 g/mol. The Morgan fingerprint density at radius 3 is 3.00 bits per heavy atom. The number of rotatable bonds is 6. The zero-order valence-corrected chi connectivity index (χ0v) is 8.69. The van der Waals surface area contributed by atoms with Crippen molar-refractivity contribution in [3.8, 4) is 0 Å². The number of nitrogens with zero attached hydrogens (tertiary/aromatic N) is 2. The van der Waals surface area contributed by atoms with Crippen LogP contribution in [0.1, 0.15) is 18.9 Å². The van der Waals surface area contributed by atoms with Gasteiger partial charge in [0.2, 0.25) is 0 Å². The van der Waals surface area contributed by atoms with Crippen LogP contribution in [0.25, 0.3) is 0 Å². The molecular weight excluding hydrogens is 180 g/mol. The van der Waals surface area contributed by atoms with Crippen LogP contribution < -0.4 is 0 Å². The fourth-order valence-corrected chi connectivity index (χ4v) is 1.21. The van der Waals surface area contributed by atoms with Crippen molar-refractivity contribution in [2.45, 2.75) is 19.8 Å². The van der Waals surface area contributed by atoms with Crippen LogP contribution in [0, 0.1) is 0 Å². The third kappa shape index (κ3) is 3.70. The molecular formula is C10H16N2O2. The molecule has 1 rings (SSSR count). The van der Waals surface area contributed by atoms with Gasteiger partial charge in [-0.1, -0.05) is 0 Å². The Morgan fingerprint density at radius 1 is 1.64 bits per heavy atom. The van der Waals surface area contributed by atoms with E-state index in [4.69, 9.17) is 4.74 Å². The Bertz CT molecular complexity index is 294. The van der Waals surface area contributed by atoms with E-state index in [1.54, 1.807) is 10.9 Å². The third-order valence-corrected chi connectivity index (χ3v) is 1.89. The number of carbonyl (C=O) groups excluding carboxylic acids is 1. The summed E-state index contributed by atoms with van der Waals surface area (Å²) in [5.74, 6) is 0.200. The molecule has 78 valence electrons. The van der Waals surface area contributed by atoms with E-state index in [2.05, 4.69) is 5.10 Å². The maximum Gasteiger partial charge on any atom is 0.139 e. The molecule has 0 aliphatic heterocycles. The largest absolute Gasteiger partial charge is 0.381 e. The van der Waals surface area contributed by atoms with Gasteiger partial charge < -0.3 is 4.74 Å². The Kier molecular flexibility index (Phi) is 4.32. The van der Waals surface area contributed by atoms with Gasteiger partial charge >= 0.3 is 0 Å². The zero-order chi connectivity index (χ0) is 10.4. The highest BCUT2D eigenvalue weighted by atomic mass is 16.5. The van der Waals surface area contributed by atoms with Gasteiger partial charge in [-0.15, -0.1) is 0 Å². The summed E-state index contributed by atoms with van der Waals surface area (Å²) in [5, 5.41) is 4.00. The zero-order valence-electron chi connectivity index (χ0n) is 8.69. The summed E-state index contributed by atoms with van der Waals surface area (Å²) in [7, 11) is 1.84. The molecule has 0 unspecified atom stereocenters. The van der Waals surface area contributed by atoms with Crippen molar-refractivity contribution in [3.05, 3.63) is 18.0 Å². The summed E-state index contributed by atoms with van der Waals surface area (Å²) >= 11 is 0. The van der Waals surface area contributed by atoms with Crippen LogP contribution in [0.4, 0.5) is 0 Å². The molecule has 1 aromatic heterocycles. The molecule has 4 heteroatoms. The van der Waals surface area contributed by atoms with Gasteiger partial charge in [-0.3, -0.25) is 9.48 Å². The van der Waals surface area contributed by atoms with Crippen molar-refractivity contribution in [2.24, 2.45) is 7.05 Å². The number of hydrogen-bond donors (Lipinski definition) is 0. The molecule has 1 aromatic rings. The first kappa shape index (κ1) is 10.9. The first-order chi connectivity index (χ1) is 6.72. The van der Waals surface area contributed by atoms with Crippen LogP contribution in [0.15, 0.2) is 12.4 Å². The van der Waals surface area contributed by atoms with Crippen molar-refractivity contribution in [3.63, 3.8) is 0 Å². The van der Waals surface area contributed by atoms with Crippen molar-refractivity contribution in [1.82, 2.24) is 9.78 Å². The Labute approximate surface area is 83.9 Å². The van der Waals surface area contributed by atoms with Gasteiger partial charge in [0.25, 0.3) is 0 Å². The van der Waals surface area contributed by atoms with Crippen molar-refractivity contribution < 1.29 is 9.53 Å². The van der Waals surface area contributed by atoms with Gasteiger partial charge in [0.15, 0.2) is 0 Å². The summed E-state index contributed by atoms with van der Waals surface area (Å²) in [6.45, 7) is 3.11. The summed E-state index contributed by atoms with van der Waals surface area (Å²) < 4.78 is 6.80. The lowest BCUT2D eigenvalue weighted by Crippen LogP contribution is -2.06. The summed E-state index contributed by atoms with van der Waals surface area (Å²) in [6.07, 6.45) is 4.53. The summed E-state index contributed by atoms with van der Waals surface area (Å²) in [5.41, 5.74) is 0.967. The lowest BCUT2D eigenvalue weighted by Gasteiger charge is -1.99. The number of ketones is 1. The molecule has 0 N–H and O–H groups in total. The fourth-order valence-electron chi connectivity index (χ4n) is 1.21. The molecule has 4 nitrogen and oxygen atoms in total. The molecule has 0 aliphatic carbocycles. The van der Waals surface area contributed by atoms with Crippen LogP contribution >= 0.6 is 0 Å². The van der Waals surface area contributed by atoms with E-state index in [1.165, 1.54) is 0 Å². The average Bonchev–Trinajstić information content (AvgIpc) is 2.52. The number of carbonyl (C=O) groups is 1. The van der Waals surface area contributed by atoms with Crippen molar-refractivity contribution in [2.75, 3.05) is 13.2 Å². The molecule has 0 saturated heterocycles. The molecule has 0 atom stereocenters. The summed E-state index contributed by atoms with van der Waals surface area (Å²) in [4.78, 5) is 11.4. The molecule has 1 heterocycles. The standard InChI is InChI=1S/C10H16N2O2/c1-3-14-5-4-10(13)6-9-7-11-12(2)8-9/h7-8H,3-6H2,1-2H3. The van der Waals surface area contributed by atoms with E-state index in [0.29, 0.717) is 26.1 Å². The number of aryl methyl sites for hydroxylation is 1. The van der Waals surface area contributed by atoms with Crippen LogP contribution in [0.5, 0.6) is 0 Å². The van der Waals surface area contributed by atoms with Gasteiger partial charge in [-0.05, 0) is 12.5 Å². The summed E-state index contributed by atoms with van der Waals surface area (Å²) in [6, 6.07) is 0. The molecule has 0 spiro atoms. The minimum Gasteiger partial charge on any atom is -0.381 e. The Hall–Kier alpha value is -1.16. The number of Topliss-reactive ketones (excluding diaryl/α,β-unsaturated/α-hetero) is 1. The van der Waals surface area contributed by atoms with Crippen molar-refractivity contribution in [1.29, 1.82) is 0 Å². The van der Waals surface area contributed by atoms with E-state index >= 15 is 0 Å². The first-order valence-corrected chi connectivity index (χ1v) is 4.79. The van der Waals surface area contributed by atoms with Gasteiger partial charge in [-0.2, -0.15) is 5.10 Å². The molecule has 0 aromatic carbocycles. The third-order valence-electron chi connectivity index (χ3n) is 1.89. The van der Waals surface area contributed by atoms with Crippen LogP contribution in [0.2, 0.25) is 0 Å². The molecule has 0 fully saturated rings. The Morgan fingerprint density at radius 2 is 2.43 bits per heavy atom. The number of aromatic nitrogens is 2. The first-order valence-electron chi connectivity index (χ1n) is 4.79. The highest BCUT2D eigenvalue weighted by molar-refractivity contribution is 5.80. The monoisotopic (exact) mass is 196 g/mol. The second-order valence-electron chi connectivity index (χ2n) is 3.18. The van der Waals surface area contributed by atoms with E-state index in [1.807, 2.05) is 20.2 Å². The molecule has 14 heavy (non-hydrogen) atoms. The quantitative estimate of drug-likeness (QED) is 0.636. The predicted molar refractivity (Wildman–Crippen MR) is 53.0 cm³/mol. The minimum absolute atomic E-state index is 0.200. The minimum atomic E-state index is 0.200. The van der Waals surface area contributed by atoms with Crippen LogP contribution in [-0.2, 0) is 23.0 Å². The lowest BCUT2D eigenvalue weighted by atomic mass is 10.1. The lowest BCUT2D eigenvalue weighted by molar-refractivity contribution is -0.119. The maximum atomic E-state index is 11.4. The van der Waals surface area contributed by atoms with Crippen LogP contribution in [0.3, 0.4) is 0 Å². The van der Waals surface area contributed by atoms with Gasteiger partial charge in [0.05, 0.1) is 12.8 Å². The maximum absolute atomic E-state index is 11.4. The van der Waals surface area contributed by atoms with E-state index in [-0.39, 0.29) is 5.78 Å². The predicted octanol–water partition coefficient (Wildman–Crippen LogP) is 0.958. The van der Waals surface area contributed by atoms with Gasteiger partial charge in [-0.25, -0.2) is 0 Å². The smallest absolute Gasteiger partial charge is 0.139 e. The molecule has 0 radical (unpaired) electrons. The highest BCUT2D eigenvalue weighted by Gasteiger charge is 2.04. The molecule has 0 saturated carbocycles. The number of ether oxygens (including phenoxy) is 1. The second kappa shape index (κ2) is 5.54. The van der Waals surface area contributed by atoms with Gasteiger partial charge in [0.1, 0.15) is 5.78 Å². The van der Waals surface area contributed by atoms with Crippen LogP contribution in [-0.4, -0.2) is 28.8 Å². The number of hydrogen-bond acceptors (Lipinski definition) is 3.